The first-order valence-electron chi connectivity index (χ1n) is 6.08. The van der Waals surface area contributed by atoms with Gasteiger partial charge in [0.15, 0.2) is 0 Å². The average Bonchev–Trinajstić information content (AvgIpc) is 2.30. The Morgan fingerprint density at radius 1 is 1.20 bits per heavy atom. The normalized spacial score (nSPS) is 31.0. The van der Waals surface area contributed by atoms with Gasteiger partial charge < -0.3 is 15.5 Å². The Morgan fingerprint density at radius 3 is 2.40 bits per heavy atom. The SMILES string of the molecule is CC(NC1CCCCCC1O)C(C)(C)O. The van der Waals surface area contributed by atoms with E-state index in [9.17, 15) is 10.2 Å². The molecule has 90 valence electrons. The minimum Gasteiger partial charge on any atom is -0.392 e. The zero-order valence-electron chi connectivity index (χ0n) is 10.2. The van der Waals surface area contributed by atoms with Crippen LogP contribution in [0.25, 0.3) is 0 Å². The second-order valence-electron chi connectivity index (χ2n) is 5.35. The van der Waals surface area contributed by atoms with Crippen molar-refractivity contribution in [2.75, 3.05) is 0 Å². The van der Waals surface area contributed by atoms with E-state index in [1.54, 1.807) is 13.8 Å². The van der Waals surface area contributed by atoms with Crippen LogP contribution in [-0.4, -0.2) is 34.0 Å². The first-order chi connectivity index (χ1) is 6.91. The molecule has 1 fully saturated rings. The van der Waals surface area contributed by atoms with Gasteiger partial charge in [-0.3, -0.25) is 0 Å². The van der Waals surface area contributed by atoms with E-state index in [2.05, 4.69) is 5.32 Å². The van der Waals surface area contributed by atoms with Crippen molar-refractivity contribution in [3.8, 4) is 0 Å². The largest absolute Gasteiger partial charge is 0.392 e. The van der Waals surface area contributed by atoms with Gasteiger partial charge in [-0.05, 0) is 33.6 Å². The summed E-state index contributed by atoms with van der Waals surface area (Å²) < 4.78 is 0. The summed E-state index contributed by atoms with van der Waals surface area (Å²) in [5.41, 5.74) is -0.730. The van der Waals surface area contributed by atoms with Gasteiger partial charge in [-0.2, -0.15) is 0 Å². The van der Waals surface area contributed by atoms with Crippen LogP contribution >= 0.6 is 0 Å². The third-order valence-electron chi connectivity index (χ3n) is 3.50. The standard InChI is InChI=1S/C12H25NO2/c1-9(12(2,3)15)13-10-7-5-4-6-8-11(10)14/h9-11,13-15H,4-8H2,1-3H3. The molecule has 3 atom stereocenters. The minimum atomic E-state index is -0.730. The molecule has 0 saturated heterocycles. The van der Waals surface area contributed by atoms with Crippen LogP contribution in [0.5, 0.6) is 0 Å². The molecule has 0 aliphatic heterocycles. The Labute approximate surface area is 92.9 Å². The Kier molecular flexibility index (Phi) is 4.56. The van der Waals surface area contributed by atoms with E-state index < -0.39 is 5.60 Å². The highest BCUT2D eigenvalue weighted by Gasteiger charge is 2.28. The lowest BCUT2D eigenvalue weighted by atomic mass is 9.97. The van der Waals surface area contributed by atoms with Crippen molar-refractivity contribution < 1.29 is 10.2 Å². The second-order valence-corrected chi connectivity index (χ2v) is 5.35. The number of hydrogen-bond donors (Lipinski definition) is 3. The van der Waals surface area contributed by atoms with Crippen molar-refractivity contribution in [3.05, 3.63) is 0 Å². The van der Waals surface area contributed by atoms with Crippen molar-refractivity contribution in [1.29, 1.82) is 0 Å². The van der Waals surface area contributed by atoms with Crippen LogP contribution in [0.1, 0.15) is 52.9 Å². The van der Waals surface area contributed by atoms with Gasteiger partial charge in [0.2, 0.25) is 0 Å². The third-order valence-corrected chi connectivity index (χ3v) is 3.50. The molecule has 0 aromatic heterocycles. The smallest absolute Gasteiger partial charge is 0.0741 e. The first kappa shape index (κ1) is 12.9. The molecule has 3 nitrogen and oxygen atoms in total. The van der Waals surface area contributed by atoms with Gasteiger partial charge in [0.1, 0.15) is 0 Å². The molecule has 3 heteroatoms. The molecular weight excluding hydrogens is 190 g/mol. The van der Waals surface area contributed by atoms with Crippen molar-refractivity contribution in [1.82, 2.24) is 5.32 Å². The quantitative estimate of drug-likeness (QED) is 0.624. The molecule has 0 amide bonds. The molecule has 0 heterocycles. The number of aliphatic hydroxyl groups excluding tert-OH is 1. The Bertz CT molecular complexity index is 189. The molecule has 1 saturated carbocycles. The van der Waals surface area contributed by atoms with Gasteiger partial charge in [0.05, 0.1) is 11.7 Å². The van der Waals surface area contributed by atoms with E-state index in [4.69, 9.17) is 0 Å². The third kappa shape index (κ3) is 4.09. The molecule has 1 aliphatic rings. The first-order valence-corrected chi connectivity index (χ1v) is 6.08. The summed E-state index contributed by atoms with van der Waals surface area (Å²) in [6.07, 6.45) is 5.16. The summed E-state index contributed by atoms with van der Waals surface area (Å²) in [6.45, 7) is 5.57. The molecule has 3 N–H and O–H groups in total. The molecule has 3 unspecified atom stereocenters. The number of hydrogen-bond acceptors (Lipinski definition) is 3. The molecule has 0 spiro atoms. The fourth-order valence-corrected chi connectivity index (χ4v) is 2.01. The summed E-state index contributed by atoms with van der Waals surface area (Å²) >= 11 is 0. The van der Waals surface area contributed by atoms with Crippen LogP contribution in [0, 0.1) is 0 Å². The zero-order valence-corrected chi connectivity index (χ0v) is 10.2. The van der Waals surface area contributed by atoms with Crippen molar-refractivity contribution in [2.45, 2.75) is 76.7 Å². The predicted molar refractivity (Wildman–Crippen MR) is 61.8 cm³/mol. The number of rotatable bonds is 3. The van der Waals surface area contributed by atoms with E-state index in [1.807, 2.05) is 6.92 Å². The summed E-state index contributed by atoms with van der Waals surface area (Å²) in [7, 11) is 0. The monoisotopic (exact) mass is 215 g/mol. The topological polar surface area (TPSA) is 52.5 Å². The summed E-state index contributed by atoms with van der Waals surface area (Å²) in [5, 5.41) is 23.1. The molecule has 15 heavy (non-hydrogen) atoms. The second kappa shape index (κ2) is 5.28. The van der Waals surface area contributed by atoms with E-state index in [-0.39, 0.29) is 18.2 Å². The van der Waals surface area contributed by atoms with Gasteiger partial charge in [-0.25, -0.2) is 0 Å². The van der Waals surface area contributed by atoms with E-state index in [1.165, 1.54) is 12.8 Å². The van der Waals surface area contributed by atoms with Crippen LogP contribution in [0.15, 0.2) is 0 Å². The Morgan fingerprint density at radius 2 is 1.80 bits per heavy atom. The maximum atomic E-state index is 9.92. The lowest BCUT2D eigenvalue weighted by Gasteiger charge is -2.32. The molecule has 1 aliphatic carbocycles. The van der Waals surface area contributed by atoms with Crippen LogP contribution in [-0.2, 0) is 0 Å². The number of nitrogens with one attached hydrogen (secondary N) is 1. The van der Waals surface area contributed by atoms with Crippen LogP contribution in [0.2, 0.25) is 0 Å². The highest BCUT2D eigenvalue weighted by atomic mass is 16.3. The molecule has 1 rings (SSSR count). The predicted octanol–water partition coefficient (Wildman–Crippen LogP) is 1.43. The maximum Gasteiger partial charge on any atom is 0.0741 e. The fourth-order valence-electron chi connectivity index (χ4n) is 2.01. The lowest BCUT2D eigenvalue weighted by molar-refractivity contribution is 0.0258. The van der Waals surface area contributed by atoms with Crippen molar-refractivity contribution in [3.63, 3.8) is 0 Å². The molecule has 0 bridgehead atoms. The maximum absolute atomic E-state index is 9.92. The molecule has 0 aromatic rings. The summed E-state index contributed by atoms with van der Waals surface area (Å²) in [4.78, 5) is 0. The number of aliphatic hydroxyl groups is 2. The van der Waals surface area contributed by atoms with Crippen LogP contribution in [0.3, 0.4) is 0 Å². The zero-order chi connectivity index (χ0) is 11.5. The van der Waals surface area contributed by atoms with Gasteiger partial charge >= 0.3 is 0 Å². The molecule has 0 radical (unpaired) electrons. The fraction of sp³-hybridized carbons (Fsp3) is 1.00. The van der Waals surface area contributed by atoms with E-state index >= 15 is 0 Å². The van der Waals surface area contributed by atoms with E-state index in [0.717, 1.165) is 19.3 Å². The highest BCUT2D eigenvalue weighted by molar-refractivity contribution is 4.87. The van der Waals surface area contributed by atoms with E-state index in [0.29, 0.717) is 0 Å². The average molecular weight is 215 g/mol. The highest BCUT2D eigenvalue weighted by Crippen LogP contribution is 2.20. The summed E-state index contributed by atoms with van der Waals surface area (Å²) in [5.74, 6) is 0. The van der Waals surface area contributed by atoms with Gasteiger partial charge in [0.25, 0.3) is 0 Å². The van der Waals surface area contributed by atoms with Crippen molar-refractivity contribution in [2.24, 2.45) is 0 Å². The Hall–Kier alpha value is -0.120. The molecule has 0 aromatic carbocycles. The summed E-state index contributed by atoms with van der Waals surface area (Å²) in [6, 6.07) is 0.157. The van der Waals surface area contributed by atoms with Gasteiger partial charge in [-0.1, -0.05) is 19.3 Å². The van der Waals surface area contributed by atoms with Crippen LogP contribution in [0.4, 0.5) is 0 Å². The van der Waals surface area contributed by atoms with Crippen molar-refractivity contribution >= 4 is 0 Å². The van der Waals surface area contributed by atoms with Gasteiger partial charge in [-0.15, -0.1) is 0 Å². The lowest BCUT2D eigenvalue weighted by Crippen LogP contribution is -2.52. The molecular formula is C12H25NO2. The van der Waals surface area contributed by atoms with Crippen LogP contribution < -0.4 is 5.32 Å². The van der Waals surface area contributed by atoms with Gasteiger partial charge in [0, 0.05) is 12.1 Å². The Balaban J connectivity index is 2.48. The minimum absolute atomic E-state index is 0.00949.